The molecule has 2 N–H and O–H groups in total. The van der Waals surface area contributed by atoms with Gasteiger partial charge in [0.2, 0.25) is 6.79 Å². The lowest BCUT2D eigenvalue weighted by Crippen LogP contribution is -2.39. The van der Waals surface area contributed by atoms with Gasteiger partial charge in [-0.05, 0) is 50.6 Å². The quantitative estimate of drug-likeness (QED) is 0.832. The summed E-state index contributed by atoms with van der Waals surface area (Å²) in [6.45, 7) is 6.45. The first-order chi connectivity index (χ1) is 10.2. The van der Waals surface area contributed by atoms with Crippen molar-refractivity contribution in [2.45, 2.75) is 31.9 Å². The predicted octanol–water partition coefficient (Wildman–Crippen LogP) is 1.52. The van der Waals surface area contributed by atoms with Crippen LogP contribution in [-0.2, 0) is 0 Å². The van der Waals surface area contributed by atoms with Gasteiger partial charge in [-0.1, -0.05) is 6.07 Å². The van der Waals surface area contributed by atoms with E-state index >= 15 is 0 Å². The molecule has 2 unspecified atom stereocenters. The number of nitrogens with one attached hydrogen (secondary N) is 1. The van der Waals surface area contributed by atoms with Crippen molar-refractivity contribution in [2.24, 2.45) is 0 Å². The summed E-state index contributed by atoms with van der Waals surface area (Å²) in [7, 11) is 0. The molecule has 2 aliphatic heterocycles. The van der Waals surface area contributed by atoms with Crippen molar-refractivity contribution < 1.29 is 14.6 Å². The normalized spacial score (nSPS) is 20.7. The molecule has 1 fully saturated rings. The molecule has 2 heterocycles. The molecule has 21 heavy (non-hydrogen) atoms. The van der Waals surface area contributed by atoms with E-state index in [0.717, 1.165) is 23.6 Å². The number of aliphatic hydroxyl groups excluding tert-OH is 1. The van der Waals surface area contributed by atoms with E-state index in [2.05, 4.69) is 17.1 Å². The summed E-state index contributed by atoms with van der Waals surface area (Å²) < 4.78 is 10.6. The topological polar surface area (TPSA) is 54.0 Å². The van der Waals surface area contributed by atoms with Crippen LogP contribution in [0.3, 0.4) is 0 Å². The van der Waals surface area contributed by atoms with E-state index in [1.165, 1.54) is 25.9 Å². The zero-order valence-corrected chi connectivity index (χ0v) is 12.5. The fourth-order valence-electron chi connectivity index (χ4n) is 2.97. The van der Waals surface area contributed by atoms with E-state index in [1.54, 1.807) is 0 Å². The van der Waals surface area contributed by atoms with E-state index in [-0.39, 0.29) is 6.79 Å². The maximum atomic E-state index is 10.3. The van der Waals surface area contributed by atoms with Crippen LogP contribution in [-0.4, -0.2) is 49.0 Å². The summed E-state index contributed by atoms with van der Waals surface area (Å²) in [5.41, 5.74) is 0.861. The molecule has 1 aromatic carbocycles. The lowest BCUT2D eigenvalue weighted by atomic mass is 10.1. The molecule has 1 aromatic rings. The number of fused-ring (bicyclic) bond motifs is 1. The molecule has 3 rings (SSSR count). The molecule has 5 heteroatoms. The minimum atomic E-state index is -0.527. The summed E-state index contributed by atoms with van der Waals surface area (Å²) in [5, 5.41) is 13.7. The smallest absolute Gasteiger partial charge is 0.231 e. The molecule has 0 aromatic heterocycles. The molecule has 0 aliphatic carbocycles. The summed E-state index contributed by atoms with van der Waals surface area (Å²) in [6.07, 6.45) is 2.10. The number of nitrogens with zero attached hydrogens (tertiary/aromatic N) is 1. The molecule has 0 spiro atoms. The molecule has 0 bridgehead atoms. The summed E-state index contributed by atoms with van der Waals surface area (Å²) in [6, 6.07) is 5.99. The summed E-state index contributed by atoms with van der Waals surface area (Å²) >= 11 is 0. The maximum absolute atomic E-state index is 10.3. The van der Waals surface area contributed by atoms with Gasteiger partial charge < -0.3 is 24.8 Å². The van der Waals surface area contributed by atoms with Gasteiger partial charge in [-0.15, -0.1) is 0 Å². The van der Waals surface area contributed by atoms with E-state index in [9.17, 15) is 5.11 Å². The molecule has 5 nitrogen and oxygen atoms in total. The highest BCUT2D eigenvalue weighted by molar-refractivity contribution is 5.45. The minimum absolute atomic E-state index is 0.264. The Morgan fingerprint density at radius 1 is 1.24 bits per heavy atom. The lowest BCUT2D eigenvalue weighted by Gasteiger charge is -2.22. The second-order valence-electron chi connectivity index (χ2n) is 5.95. The monoisotopic (exact) mass is 292 g/mol. The number of benzene rings is 1. The van der Waals surface area contributed by atoms with Crippen LogP contribution >= 0.6 is 0 Å². The molecule has 0 radical (unpaired) electrons. The first-order valence-electron chi connectivity index (χ1n) is 7.76. The van der Waals surface area contributed by atoms with Crippen LogP contribution in [0.4, 0.5) is 0 Å². The third-order valence-electron chi connectivity index (χ3n) is 4.17. The Bertz CT molecular complexity index is 475. The zero-order chi connectivity index (χ0) is 14.7. The second kappa shape index (κ2) is 6.64. The Morgan fingerprint density at radius 2 is 2.00 bits per heavy atom. The number of hydrogen-bond donors (Lipinski definition) is 2. The van der Waals surface area contributed by atoms with Crippen LogP contribution in [0.1, 0.15) is 31.4 Å². The van der Waals surface area contributed by atoms with E-state index in [4.69, 9.17) is 9.47 Å². The van der Waals surface area contributed by atoms with Crippen molar-refractivity contribution in [1.82, 2.24) is 10.2 Å². The van der Waals surface area contributed by atoms with Crippen LogP contribution in [0.15, 0.2) is 18.2 Å². The van der Waals surface area contributed by atoms with Gasteiger partial charge in [0.05, 0.1) is 6.10 Å². The number of hydrogen-bond acceptors (Lipinski definition) is 5. The van der Waals surface area contributed by atoms with Crippen LogP contribution in [0, 0.1) is 0 Å². The van der Waals surface area contributed by atoms with Crippen molar-refractivity contribution in [3.63, 3.8) is 0 Å². The van der Waals surface area contributed by atoms with Gasteiger partial charge in [0, 0.05) is 19.1 Å². The SMILES string of the molecule is CC(CN1CCCC1)NCC(O)c1ccc2c(c1)OCO2. The highest BCUT2D eigenvalue weighted by Gasteiger charge is 2.18. The predicted molar refractivity (Wildman–Crippen MR) is 80.7 cm³/mol. The van der Waals surface area contributed by atoms with Crippen molar-refractivity contribution in [1.29, 1.82) is 0 Å². The average molecular weight is 292 g/mol. The van der Waals surface area contributed by atoms with Crippen molar-refractivity contribution in [2.75, 3.05) is 33.0 Å². The first-order valence-corrected chi connectivity index (χ1v) is 7.76. The van der Waals surface area contributed by atoms with E-state index in [1.807, 2.05) is 18.2 Å². The Balaban J connectivity index is 1.48. The molecule has 0 amide bonds. The molecule has 0 saturated carbocycles. The van der Waals surface area contributed by atoms with Gasteiger partial charge in [0.25, 0.3) is 0 Å². The third kappa shape index (κ3) is 3.67. The lowest BCUT2D eigenvalue weighted by molar-refractivity contribution is 0.164. The maximum Gasteiger partial charge on any atom is 0.231 e. The van der Waals surface area contributed by atoms with Gasteiger partial charge >= 0.3 is 0 Å². The Kier molecular flexibility index (Phi) is 4.63. The van der Waals surface area contributed by atoms with Gasteiger partial charge in [-0.3, -0.25) is 0 Å². The standard InChI is InChI=1S/C16H24N2O3/c1-12(10-18-6-2-3-7-18)17-9-14(19)13-4-5-15-16(8-13)21-11-20-15/h4-5,8,12,14,17,19H,2-3,6-7,9-11H2,1H3. The molecule has 116 valence electrons. The Morgan fingerprint density at radius 3 is 2.81 bits per heavy atom. The molecular formula is C16H24N2O3. The summed E-state index contributed by atoms with van der Waals surface area (Å²) in [5.74, 6) is 1.47. The fourth-order valence-corrected chi connectivity index (χ4v) is 2.97. The average Bonchev–Trinajstić information content (AvgIpc) is 3.14. The number of likely N-dealkylation sites (tertiary alicyclic amines) is 1. The van der Waals surface area contributed by atoms with Crippen molar-refractivity contribution >= 4 is 0 Å². The fraction of sp³-hybridized carbons (Fsp3) is 0.625. The van der Waals surface area contributed by atoms with Crippen LogP contribution in [0.2, 0.25) is 0 Å². The Labute approximate surface area is 125 Å². The number of rotatable bonds is 6. The molecule has 1 saturated heterocycles. The number of ether oxygens (including phenoxy) is 2. The minimum Gasteiger partial charge on any atom is -0.454 e. The van der Waals surface area contributed by atoms with Gasteiger partial charge in [-0.25, -0.2) is 0 Å². The molecule has 2 atom stereocenters. The zero-order valence-electron chi connectivity index (χ0n) is 12.5. The van der Waals surface area contributed by atoms with Gasteiger partial charge in [0.15, 0.2) is 11.5 Å². The van der Waals surface area contributed by atoms with Crippen LogP contribution < -0.4 is 14.8 Å². The molecule has 2 aliphatic rings. The van der Waals surface area contributed by atoms with Crippen LogP contribution in [0.5, 0.6) is 11.5 Å². The van der Waals surface area contributed by atoms with Gasteiger partial charge in [-0.2, -0.15) is 0 Å². The summed E-state index contributed by atoms with van der Waals surface area (Å²) in [4.78, 5) is 2.48. The van der Waals surface area contributed by atoms with Crippen molar-refractivity contribution in [3.05, 3.63) is 23.8 Å². The Hall–Kier alpha value is -1.30. The molecular weight excluding hydrogens is 268 g/mol. The van der Waals surface area contributed by atoms with Gasteiger partial charge in [0.1, 0.15) is 0 Å². The highest BCUT2D eigenvalue weighted by Crippen LogP contribution is 2.34. The van der Waals surface area contributed by atoms with E-state index < -0.39 is 6.10 Å². The van der Waals surface area contributed by atoms with Crippen molar-refractivity contribution in [3.8, 4) is 11.5 Å². The third-order valence-corrected chi connectivity index (χ3v) is 4.17. The highest BCUT2D eigenvalue weighted by atomic mass is 16.7. The van der Waals surface area contributed by atoms with E-state index in [0.29, 0.717) is 12.6 Å². The number of aliphatic hydroxyl groups is 1. The van der Waals surface area contributed by atoms with Crippen LogP contribution in [0.25, 0.3) is 0 Å². The first kappa shape index (κ1) is 14.6. The largest absolute Gasteiger partial charge is 0.454 e. The second-order valence-corrected chi connectivity index (χ2v) is 5.95.